The number of unbranched alkanes of at least 4 members (excludes halogenated alkanes) is 1. The van der Waals surface area contributed by atoms with Crippen LogP contribution in [0.25, 0.3) is 11.4 Å². The number of halogens is 1. The number of nitrogens with two attached hydrogens (primary N) is 1. The molecule has 0 spiro atoms. The highest BCUT2D eigenvalue weighted by atomic mass is 35.5. The maximum Gasteiger partial charge on any atom is 0.410 e. The van der Waals surface area contributed by atoms with Crippen molar-refractivity contribution in [2.24, 2.45) is 0 Å². The molecule has 0 saturated carbocycles. The van der Waals surface area contributed by atoms with Gasteiger partial charge in [0.1, 0.15) is 5.60 Å². The van der Waals surface area contributed by atoms with Gasteiger partial charge in [-0.2, -0.15) is 0 Å². The second-order valence-corrected chi connectivity index (χ2v) is 9.52. The van der Waals surface area contributed by atoms with Crippen LogP contribution in [-0.2, 0) is 11.3 Å². The average molecular weight is 447 g/mol. The molecule has 0 fully saturated rings. The second-order valence-electron chi connectivity index (χ2n) is 9.08. The molecule has 0 radical (unpaired) electrons. The van der Waals surface area contributed by atoms with Crippen molar-refractivity contribution in [3.05, 3.63) is 50.9 Å². The molecule has 0 bridgehead atoms. The van der Waals surface area contributed by atoms with Crippen molar-refractivity contribution in [2.75, 3.05) is 5.84 Å². The van der Waals surface area contributed by atoms with Crippen LogP contribution < -0.4 is 11.4 Å². The molecule has 1 aromatic heterocycles. The van der Waals surface area contributed by atoms with Gasteiger partial charge in [0.15, 0.2) is 5.82 Å². The molecule has 0 aliphatic carbocycles. The summed E-state index contributed by atoms with van der Waals surface area (Å²) in [7, 11) is 0. The molecular weight excluding hydrogens is 416 g/mol. The van der Waals surface area contributed by atoms with Crippen molar-refractivity contribution >= 4 is 17.7 Å². The molecule has 168 valence electrons. The first-order chi connectivity index (χ1) is 14.5. The predicted octanol–water partition coefficient (Wildman–Crippen LogP) is 4.69. The molecule has 2 heterocycles. The summed E-state index contributed by atoms with van der Waals surface area (Å²) in [5, 5.41) is 0.593. The van der Waals surface area contributed by atoms with Crippen LogP contribution in [0.2, 0.25) is 5.02 Å². The van der Waals surface area contributed by atoms with Gasteiger partial charge >= 0.3 is 6.09 Å². The maximum atomic E-state index is 13.2. The Morgan fingerprint density at radius 1 is 1.29 bits per heavy atom. The minimum atomic E-state index is -0.624. The highest BCUT2D eigenvalue weighted by Gasteiger charge is 2.39. The Bertz CT molecular complexity index is 1010. The number of carbonyl (C=O) groups excluding carboxylic acids is 1. The Morgan fingerprint density at radius 2 is 1.94 bits per heavy atom. The molecule has 2 N–H and O–H groups in total. The third-order valence-electron chi connectivity index (χ3n) is 5.59. The van der Waals surface area contributed by atoms with Crippen molar-refractivity contribution in [1.82, 2.24) is 14.6 Å². The van der Waals surface area contributed by atoms with Crippen molar-refractivity contribution in [2.45, 2.75) is 78.0 Å². The van der Waals surface area contributed by atoms with Gasteiger partial charge in [-0.15, -0.1) is 0 Å². The van der Waals surface area contributed by atoms with E-state index in [0.717, 1.165) is 29.6 Å². The molecule has 3 rings (SSSR count). The lowest BCUT2D eigenvalue weighted by atomic mass is 9.84. The van der Waals surface area contributed by atoms with Crippen molar-refractivity contribution in [3.8, 4) is 11.4 Å². The monoisotopic (exact) mass is 446 g/mol. The smallest absolute Gasteiger partial charge is 0.410 e. The highest BCUT2D eigenvalue weighted by Crippen LogP contribution is 2.36. The van der Waals surface area contributed by atoms with Gasteiger partial charge in [-0.25, -0.2) is 14.5 Å². The zero-order valence-electron chi connectivity index (χ0n) is 18.8. The maximum absolute atomic E-state index is 13.2. The summed E-state index contributed by atoms with van der Waals surface area (Å²) in [4.78, 5) is 32.6. The Labute approximate surface area is 188 Å². The van der Waals surface area contributed by atoms with E-state index < -0.39 is 11.7 Å². The van der Waals surface area contributed by atoms with Crippen molar-refractivity contribution < 1.29 is 9.53 Å². The summed E-state index contributed by atoms with van der Waals surface area (Å²) in [6.07, 6.45) is 2.34. The molecule has 1 aromatic carbocycles. The summed E-state index contributed by atoms with van der Waals surface area (Å²) in [6, 6.07) is 6.90. The Kier molecular flexibility index (Phi) is 6.65. The number of amides is 1. The number of hydrogen-bond acceptors (Lipinski definition) is 5. The summed E-state index contributed by atoms with van der Waals surface area (Å²) in [5.41, 5.74) is 0.906. The first kappa shape index (κ1) is 23.1. The lowest BCUT2D eigenvalue weighted by Crippen LogP contribution is -2.50. The number of aromatic nitrogens is 2. The van der Waals surface area contributed by atoms with Crippen molar-refractivity contribution in [3.63, 3.8) is 0 Å². The number of nitrogen functional groups attached to an aromatic ring is 1. The van der Waals surface area contributed by atoms with E-state index in [-0.39, 0.29) is 24.1 Å². The zero-order chi connectivity index (χ0) is 22.9. The molecule has 1 aliphatic rings. The highest BCUT2D eigenvalue weighted by molar-refractivity contribution is 6.30. The predicted molar refractivity (Wildman–Crippen MR) is 123 cm³/mol. The summed E-state index contributed by atoms with van der Waals surface area (Å²) >= 11 is 6.01. The Balaban J connectivity index is 2.11. The van der Waals surface area contributed by atoms with Crippen LogP contribution in [0.3, 0.4) is 0 Å². The first-order valence-corrected chi connectivity index (χ1v) is 11.1. The number of nitrogens with zero attached hydrogens (tertiary/aromatic N) is 3. The first-order valence-electron chi connectivity index (χ1n) is 10.7. The summed E-state index contributed by atoms with van der Waals surface area (Å²) < 4.78 is 6.66. The summed E-state index contributed by atoms with van der Waals surface area (Å²) in [5.74, 6) is 6.46. The minimum Gasteiger partial charge on any atom is -0.444 e. The van der Waals surface area contributed by atoms with Crippen LogP contribution >= 0.6 is 11.6 Å². The van der Waals surface area contributed by atoms with E-state index in [1.165, 1.54) is 0 Å². The van der Waals surface area contributed by atoms with Crippen molar-refractivity contribution in [1.29, 1.82) is 0 Å². The fourth-order valence-electron chi connectivity index (χ4n) is 3.96. The van der Waals surface area contributed by atoms with E-state index in [2.05, 4.69) is 6.92 Å². The van der Waals surface area contributed by atoms with Crippen LogP contribution in [0.4, 0.5) is 4.79 Å². The molecule has 0 saturated heterocycles. The van der Waals surface area contributed by atoms with Crippen LogP contribution in [0, 0.1) is 0 Å². The number of carbonyl (C=O) groups is 1. The van der Waals surface area contributed by atoms with E-state index >= 15 is 0 Å². The molecule has 31 heavy (non-hydrogen) atoms. The number of benzene rings is 1. The zero-order valence-corrected chi connectivity index (χ0v) is 19.6. The number of fused-ring (bicyclic) bond motifs is 1. The van der Waals surface area contributed by atoms with Gasteiger partial charge in [0.2, 0.25) is 0 Å². The van der Waals surface area contributed by atoms with Crippen LogP contribution in [0.15, 0.2) is 29.1 Å². The van der Waals surface area contributed by atoms with Crippen LogP contribution in [-0.4, -0.2) is 32.3 Å². The van der Waals surface area contributed by atoms with E-state index in [4.69, 9.17) is 27.2 Å². The van der Waals surface area contributed by atoms with E-state index in [9.17, 15) is 9.59 Å². The molecule has 2 aromatic rings. The number of ether oxygens (including phenoxy) is 1. The van der Waals surface area contributed by atoms with Gasteiger partial charge in [-0.1, -0.05) is 31.4 Å². The van der Waals surface area contributed by atoms with Crippen LogP contribution in [0.1, 0.15) is 71.1 Å². The van der Waals surface area contributed by atoms with Crippen LogP contribution in [0.5, 0.6) is 0 Å². The van der Waals surface area contributed by atoms with Gasteiger partial charge in [-0.05, 0) is 58.4 Å². The topological polar surface area (TPSA) is 90.5 Å². The molecular formula is C23H31ClN4O3. The SMILES string of the molecule is CCCC[C@@H]1c2nc(-c3ccc(Cl)cc3)n(N)c(=O)c2CN(C(=O)OC(C)(C)C)[C@H]1C. The van der Waals surface area contributed by atoms with E-state index in [1.54, 1.807) is 29.2 Å². The quantitative estimate of drug-likeness (QED) is 0.688. The third kappa shape index (κ3) is 4.87. The largest absolute Gasteiger partial charge is 0.444 e. The van der Waals surface area contributed by atoms with E-state index in [1.807, 2.05) is 27.7 Å². The molecule has 2 atom stereocenters. The minimum absolute atomic E-state index is 0.0869. The Hall–Kier alpha value is -2.54. The number of rotatable bonds is 4. The fraction of sp³-hybridized carbons (Fsp3) is 0.522. The Morgan fingerprint density at radius 3 is 2.52 bits per heavy atom. The number of hydrogen-bond donors (Lipinski definition) is 1. The second kappa shape index (κ2) is 8.91. The van der Waals surface area contributed by atoms with Gasteiger partial charge in [-0.3, -0.25) is 4.79 Å². The average Bonchev–Trinajstić information content (AvgIpc) is 2.69. The van der Waals surface area contributed by atoms with Gasteiger partial charge in [0, 0.05) is 22.5 Å². The van der Waals surface area contributed by atoms with E-state index in [0.29, 0.717) is 22.0 Å². The lowest BCUT2D eigenvalue weighted by molar-refractivity contribution is 0.00947. The normalized spacial score (nSPS) is 18.6. The molecule has 0 unspecified atom stereocenters. The van der Waals surface area contributed by atoms with Gasteiger partial charge in [0.05, 0.1) is 17.8 Å². The lowest BCUT2D eigenvalue weighted by Gasteiger charge is -2.40. The molecule has 8 heteroatoms. The van der Waals surface area contributed by atoms with Gasteiger partial charge in [0.25, 0.3) is 5.56 Å². The molecule has 1 amide bonds. The van der Waals surface area contributed by atoms with Gasteiger partial charge < -0.3 is 15.5 Å². The molecule has 7 nitrogen and oxygen atoms in total. The standard InChI is InChI=1S/C23H31ClN4O3/c1-6-7-8-17-14(2)27(22(30)31-23(3,4)5)13-18-19(17)26-20(28(25)21(18)29)15-9-11-16(24)12-10-15/h9-12,14,17H,6-8,13,25H2,1-5H3/t14-,17-/m0/s1. The fourth-order valence-corrected chi connectivity index (χ4v) is 4.08. The molecule has 1 aliphatic heterocycles. The third-order valence-corrected chi connectivity index (χ3v) is 5.85. The summed E-state index contributed by atoms with van der Waals surface area (Å²) in [6.45, 7) is 9.71.